The molecule has 1 aromatic rings. The van der Waals surface area contributed by atoms with Crippen LogP contribution in [-0.2, 0) is 4.79 Å². The van der Waals surface area contributed by atoms with Crippen LogP contribution in [0.25, 0.3) is 0 Å². The molecule has 7 heteroatoms. The number of rotatable bonds is 3. The molecule has 2 heterocycles. The van der Waals surface area contributed by atoms with Gasteiger partial charge < -0.3 is 10.0 Å². The number of carbonyl (C=O) groups excluding carboxylic acids is 1. The molecule has 0 aliphatic carbocycles. The van der Waals surface area contributed by atoms with Gasteiger partial charge in [-0.25, -0.2) is 0 Å². The third-order valence-corrected chi connectivity index (χ3v) is 3.09. The van der Waals surface area contributed by atoms with E-state index in [0.717, 1.165) is 18.1 Å². The number of amides is 1. The zero-order valence-corrected chi connectivity index (χ0v) is 9.31. The summed E-state index contributed by atoms with van der Waals surface area (Å²) in [4.78, 5) is 24.0. The van der Waals surface area contributed by atoms with Crippen molar-refractivity contribution in [2.75, 3.05) is 13.1 Å². The van der Waals surface area contributed by atoms with Crippen molar-refractivity contribution in [3.63, 3.8) is 0 Å². The van der Waals surface area contributed by atoms with Gasteiger partial charge in [0.1, 0.15) is 0 Å². The fourth-order valence-electron chi connectivity index (χ4n) is 1.85. The minimum atomic E-state index is -0.811. The SMILES string of the molecule is O=C(O)CC1CCN(C(=O)c2cnsn2)C1. The van der Waals surface area contributed by atoms with E-state index in [1.807, 2.05) is 0 Å². The topological polar surface area (TPSA) is 83.4 Å². The van der Waals surface area contributed by atoms with Crippen LogP contribution in [0.15, 0.2) is 6.20 Å². The number of aromatic nitrogens is 2. The molecule has 1 fully saturated rings. The van der Waals surface area contributed by atoms with Gasteiger partial charge in [0.25, 0.3) is 5.91 Å². The molecule has 1 atom stereocenters. The Bertz CT molecular complexity index is 393. The van der Waals surface area contributed by atoms with Gasteiger partial charge in [0.2, 0.25) is 0 Å². The zero-order valence-electron chi connectivity index (χ0n) is 8.50. The number of nitrogens with zero attached hydrogens (tertiary/aromatic N) is 3. The molecule has 1 amide bonds. The van der Waals surface area contributed by atoms with E-state index >= 15 is 0 Å². The van der Waals surface area contributed by atoms with Crippen LogP contribution in [0.4, 0.5) is 0 Å². The van der Waals surface area contributed by atoms with Gasteiger partial charge in [-0.1, -0.05) is 0 Å². The Labute approximate surface area is 96.2 Å². The predicted molar refractivity (Wildman–Crippen MR) is 56.2 cm³/mol. The van der Waals surface area contributed by atoms with Gasteiger partial charge in [0.15, 0.2) is 5.69 Å². The third-order valence-electron chi connectivity index (χ3n) is 2.62. The van der Waals surface area contributed by atoms with Crippen LogP contribution in [0, 0.1) is 5.92 Å². The molecule has 86 valence electrons. The van der Waals surface area contributed by atoms with Gasteiger partial charge in [-0.3, -0.25) is 9.59 Å². The number of likely N-dealkylation sites (tertiary alicyclic amines) is 1. The van der Waals surface area contributed by atoms with Crippen molar-refractivity contribution in [1.82, 2.24) is 13.6 Å². The summed E-state index contributed by atoms with van der Waals surface area (Å²) in [6, 6.07) is 0. The van der Waals surface area contributed by atoms with Crippen LogP contribution in [0.3, 0.4) is 0 Å². The maximum Gasteiger partial charge on any atom is 0.303 e. The maximum atomic E-state index is 11.8. The summed E-state index contributed by atoms with van der Waals surface area (Å²) in [5.74, 6) is -0.899. The number of carboxylic acids is 1. The van der Waals surface area contributed by atoms with Gasteiger partial charge in [0, 0.05) is 19.5 Å². The summed E-state index contributed by atoms with van der Waals surface area (Å²) in [5.41, 5.74) is 0.348. The number of hydrogen-bond acceptors (Lipinski definition) is 5. The lowest BCUT2D eigenvalue weighted by Crippen LogP contribution is -2.29. The first-order chi connectivity index (χ1) is 7.66. The molecule has 1 aliphatic rings. The number of hydrogen-bond donors (Lipinski definition) is 1. The Balaban J connectivity index is 1.94. The highest BCUT2D eigenvalue weighted by molar-refractivity contribution is 6.99. The summed E-state index contributed by atoms with van der Waals surface area (Å²) in [7, 11) is 0. The predicted octanol–water partition coefficient (Wildman–Crippen LogP) is 0.475. The molecule has 1 unspecified atom stereocenters. The lowest BCUT2D eigenvalue weighted by molar-refractivity contribution is -0.138. The highest BCUT2D eigenvalue weighted by Gasteiger charge is 2.29. The van der Waals surface area contributed by atoms with Gasteiger partial charge in [-0.05, 0) is 12.3 Å². The molecule has 2 rings (SSSR count). The molecule has 0 radical (unpaired) electrons. The average Bonchev–Trinajstić information content (AvgIpc) is 2.84. The Morgan fingerprint density at radius 3 is 3.06 bits per heavy atom. The van der Waals surface area contributed by atoms with Crippen molar-refractivity contribution in [2.24, 2.45) is 5.92 Å². The highest BCUT2D eigenvalue weighted by Crippen LogP contribution is 2.20. The van der Waals surface area contributed by atoms with Crippen LogP contribution in [-0.4, -0.2) is 43.7 Å². The summed E-state index contributed by atoms with van der Waals surface area (Å²) in [5, 5.41) is 8.66. The van der Waals surface area contributed by atoms with Crippen molar-refractivity contribution in [1.29, 1.82) is 0 Å². The molecule has 1 saturated heterocycles. The number of aliphatic carboxylic acids is 1. The molecule has 0 saturated carbocycles. The fourth-order valence-corrected chi connectivity index (χ4v) is 2.26. The smallest absolute Gasteiger partial charge is 0.303 e. The van der Waals surface area contributed by atoms with E-state index in [1.165, 1.54) is 6.20 Å². The molecule has 6 nitrogen and oxygen atoms in total. The van der Waals surface area contributed by atoms with Crippen LogP contribution >= 0.6 is 11.7 Å². The molecule has 16 heavy (non-hydrogen) atoms. The first kappa shape index (κ1) is 11.0. The van der Waals surface area contributed by atoms with Crippen molar-refractivity contribution >= 4 is 23.6 Å². The Hall–Kier alpha value is -1.50. The summed E-state index contributed by atoms with van der Waals surface area (Å²) < 4.78 is 7.64. The third kappa shape index (κ3) is 2.35. The van der Waals surface area contributed by atoms with E-state index in [4.69, 9.17) is 5.11 Å². The average molecular weight is 241 g/mol. The molecular weight excluding hydrogens is 230 g/mol. The Kier molecular flexibility index (Phi) is 3.14. The minimum Gasteiger partial charge on any atom is -0.481 e. The Morgan fingerprint density at radius 2 is 2.44 bits per heavy atom. The molecule has 0 spiro atoms. The van der Waals surface area contributed by atoms with Crippen LogP contribution in [0.1, 0.15) is 23.3 Å². The van der Waals surface area contributed by atoms with Crippen LogP contribution < -0.4 is 0 Å². The monoisotopic (exact) mass is 241 g/mol. The van der Waals surface area contributed by atoms with Gasteiger partial charge in [-0.2, -0.15) is 8.75 Å². The second kappa shape index (κ2) is 4.56. The van der Waals surface area contributed by atoms with Crippen molar-refractivity contribution in [3.05, 3.63) is 11.9 Å². The lowest BCUT2D eigenvalue weighted by Gasteiger charge is -2.14. The van der Waals surface area contributed by atoms with E-state index < -0.39 is 5.97 Å². The largest absolute Gasteiger partial charge is 0.481 e. The van der Waals surface area contributed by atoms with Gasteiger partial charge in [-0.15, -0.1) is 0 Å². The second-order valence-corrected chi connectivity index (χ2v) is 4.35. The first-order valence-corrected chi connectivity index (χ1v) is 5.68. The van der Waals surface area contributed by atoms with E-state index in [1.54, 1.807) is 4.90 Å². The van der Waals surface area contributed by atoms with Gasteiger partial charge >= 0.3 is 5.97 Å². The van der Waals surface area contributed by atoms with Crippen LogP contribution in [0.5, 0.6) is 0 Å². The van der Waals surface area contributed by atoms with Crippen LogP contribution in [0.2, 0.25) is 0 Å². The van der Waals surface area contributed by atoms with E-state index in [-0.39, 0.29) is 18.2 Å². The van der Waals surface area contributed by atoms with Crippen molar-refractivity contribution in [2.45, 2.75) is 12.8 Å². The Morgan fingerprint density at radius 1 is 1.62 bits per heavy atom. The first-order valence-electron chi connectivity index (χ1n) is 4.95. The minimum absolute atomic E-state index is 0.0630. The number of carboxylic acid groups (broad SMARTS) is 1. The molecule has 1 aliphatic heterocycles. The maximum absolute atomic E-state index is 11.8. The molecule has 1 N–H and O–H groups in total. The second-order valence-electron chi connectivity index (χ2n) is 3.80. The molecular formula is C9H11N3O3S. The highest BCUT2D eigenvalue weighted by atomic mass is 32.1. The lowest BCUT2D eigenvalue weighted by atomic mass is 10.1. The fraction of sp³-hybridized carbons (Fsp3) is 0.556. The number of carbonyl (C=O) groups is 2. The summed E-state index contributed by atoms with van der Waals surface area (Å²) in [6.45, 7) is 1.11. The summed E-state index contributed by atoms with van der Waals surface area (Å²) >= 11 is 0.997. The van der Waals surface area contributed by atoms with Gasteiger partial charge in [0.05, 0.1) is 17.9 Å². The molecule has 0 bridgehead atoms. The van der Waals surface area contributed by atoms with E-state index in [2.05, 4.69) is 8.75 Å². The quantitative estimate of drug-likeness (QED) is 0.831. The zero-order chi connectivity index (χ0) is 11.5. The molecule has 0 aromatic carbocycles. The summed E-state index contributed by atoms with van der Waals surface area (Å²) in [6.07, 6.45) is 2.31. The molecule has 1 aromatic heterocycles. The normalized spacial score (nSPS) is 20.0. The van der Waals surface area contributed by atoms with E-state index in [9.17, 15) is 9.59 Å². The van der Waals surface area contributed by atoms with Crippen molar-refractivity contribution < 1.29 is 14.7 Å². The van der Waals surface area contributed by atoms with E-state index in [0.29, 0.717) is 18.8 Å². The standard InChI is InChI=1S/C9H11N3O3S/c13-8(14)3-6-1-2-12(5-6)9(15)7-4-10-16-11-7/h4,6H,1-3,5H2,(H,13,14). The van der Waals surface area contributed by atoms with Crippen molar-refractivity contribution in [3.8, 4) is 0 Å².